The zero-order valence-electron chi connectivity index (χ0n) is 14.4. The number of hydrogen-bond donors (Lipinski definition) is 1. The van der Waals surface area contributed by atoms with Crippen molar-refractivity contribution >= 4 is 5.91 Å². The van der Waals surface area contributed by atoms with E-state index in [-0.39, 0.29) is 5.91 Å². The molecule has 2 aliphatic rings. The van der Waals surface area contributed by atoms with E-state index < -0.39 is 5.54 Å². The number of amides is 1. The van der Waals surface area contributed by atoms with Crippen molar-refractivity contribution in [2.24, 2.45) is 5.92 Å². The van der Waals surface area contributed by atoms with Gasteiger partial charge in [0, 0.05) is 32.7 Å². The van der Waals surface area contributed by atoms with Crippen molar-refractivity contribution in [2.45, 2.75) is 31.8 Å². The van der Waals surface area contributed by atoms with Gasteiger partial charge in [0.25, 0.3) is 0 Å². The van der Waals surface area contributed by atoms with E-state index in [2.05, 4.69) is 45.5 Å². The molecular weight excluding hydrogens is 300 g/mol. The van der Waals surface area contributed by atoms with Gasteiger partial charge in [-0.2, -0.15) is 5.26 Å². The summed E-state index contributed by atoms with van der Waals surface area (Å²) < 4.78 is 0. The molecule has 1 saturated heterocycles. The fourth-order valence-corrected chi connectivity index (χ4v) is 3.36. The summed E-state index contributed by atoms with van der Waals surface area (Å²) in [6.45, 7) is 6.94. The molecule has 0 unspecified atom stereocenters. The summed E-state index contributed by atoms with van der Waals surface area (Å²) >= 11 is 0. The lowest BCUT2D eigenvalue weighted by Crippen LogP contribution is -2.53. The highest BCUT2D eigenvalue weighted by Crippen LogP contribution is 2.39. The Hall–Kier alpha value is -1.90. The molecule has 3 rings (SSSR count). The van der Waals surface area contributed by atoms with Gasteiger partial charge in [-0.3, -0.25) is 14.6 Å². The molecule has 0 radical (unpaired) electrons. The van der Waals surface area contributed by atoms with Gasteiger partial charge >= 0.3 is 0 Å². The standard InChI is InChI=1S/C19H26N4O/c1-19(15-20,17-7-8-17)21-18(24)14-23-11-9-22(10-12-23)13-16-5-3-2-4-6-16/h2-6,17H,7-14H2,1H3,(H,21,24)/t19-/m1/s1. The molecule has 1 heterocycles. The predicted molar refractivity (Wildman–Crippen MR) is 93.0 cm³/mol. The SMILES string of the molecule is C[C@](C#N)(NC(=O)CN1CCN(Cc2ccccc2)CC1)C1CC1. The third-order valence-corrected chi connectivity index (χ3v) is 5.11. The normalized spacial score (nSPS) is 21.7. The third kappa shape index (κ3) is 4.34. The predicted octanol–water partition coefficient (Wildman–Crippen LogP) is 1.61. The van der Waals surface area contributed by atoms with E-state index in [4.69, 9.17) is 0 Å². The molecule has 5 heteroatoms. The van der Waals surface area contributed by atoms with Crippen molar-refractivity contribution in [3.05, 3.63) is 35.9 Å². The smallest absolute Gasteiger partial charge is 0.235 e. The molecule has 5 nitrogen and oxygen atoms in total. The van der Waals surface area contributed by atoms with Gasteiger partial charge in [-0.25, -0.2) is 0 Å². The highest BCUT2D eigenvalue weighted by atomic mass is 16.2. The summed E-state index contributed by atoms with van der Waals surface area (Å²) in [6, 6.07) is 12.8. The maximum absolute atomic E-state index is 12.3. The van der Waals surface area contributed by atoms with Gasteiger partial charge in [0.05, 0.1) is 12.6 Å². The lowest BCUT2D eigenvalue weighted by molar-refractivity contribution is -0.124. The van der Waals surface area contributed by atoms with Crippen molar-refractivity contribution in [3.63, 3.8) is 0 Å². The number of benzene rings is 1. The highest BCUT2D eigenvalue weighted by Gasteiger charge is 2.43. The lowest BCUT2D eigenvalue weighted by atomic mass is 9.98. The van der Waals surface area contributed by atoms with Gasteiger partial charge in [0.15, 0.2) is 0 Å². The van der Waals surface area contributed by atoms with Gasteiger partial charge in [-0.15, -0.1) is 0 Å². The van der Waals surface area contributed by atoms with E-state index in [0.29, 0.717) is 12.5 Å². The van der Waals surface area contributed by atoms with E-state index in [1.54, 1.807) is 0 Å². The second kappa shape index (κ2) is 7.33. The van der Waals surface area contributed by atoms with Crippen LogP contribution in [0.5, 0.6) is 0 Å². The van der Waals surface area contributed by atoms with Gasteiger partial charge in [0.2, 0.25) is 5.91 Å². The molecule has 0 bridgehead atoms. The average Bonchev–Trinajstić information content (AvgIpc) is 3.43. The van der Waals surface area contributed by atoms with Crippen molar-refractivity contribution < 1.29 is 4.79 Å². The Kier molecular flexibility index (Phi) is 5.17. The van der Waals surface area contributed by atoms with Gasteiger partial charge < -0.3 is 5.32 Å². The maximum atomic E-state index is 12.3. The Morgan fingerprint density at radius 3 is 2.42 bits per heavy atom. The number of piperazine rings is 1. The summed E-state index contributed by atoms with van der Waals surface area (Å²) in [7, 11) is 0. The first kappa shape index (κ1) is 16.9. The molecule has 24 heavy (non-hydrogen) atoms. The summed E-state index contributed by atoms with van der Waals surface area (Å²) in [5.41, 5.74) is 0.643. The van der Waals surface area contributed by atoms with Crippen molar-refractivity contribution in [2.75, 3.05) is 32.7 Å². The second-order valence-electron chi connectivity index (χ2n) is 7.17. The lowest BCUT2D eigenvalue weighted by Gasteiger charge is -2.35. The Bertz CT molecular complexity index is 600. The van der Waals surface area contributed by atoms with Crippen LogP contribution < -0.4 is 5.32 Å². The molecule has 1 atom stereocenters. The minimum Gasteiger partial charge on any atom is -0.337 e. The monoisotopic (exact) mass is 326 g/mol. The minimum absolute atomic E-state index is 0.0255. The van der Waals surface area contributed by atoms with Crippen LogP contribution >= 0.6 is 0 Å². The van der Waals surface area contributed by atoms with Crippen LogP contribution in [-0.2, 0) is 11.3 Å². The minimum atomic E-state index is -0.688. The summed E-state index contributed by atoms with van der Waals surface area (Å²) in [6.07, 6.45) is 2.09. The summed E-state index contributed by atoms with van der Waals surface area (Å²) in [5.74, 6) is 0.302. The third-order valence-electron chi connectivity index (χ3n) is 5.11. The zero-order valence-corrected chi connectivity index (χ0v) is 14.4. The molecule has 0 spiro atoms. The molecule has 2 fully saturated rings. The van der Waals surface area contributed by atoms with E-state index in [1.165, 1.54) is 5.56 Å². The van der Waals surface area contributed by atoms with Gasteiger partial charge in [-0.05, 0) is 31.2 Å². The maximum Gasteiger partial charge on any atom is 0.235 e. The molecule has 1 aromatic carbocycles. The van der Waals surface area contributed by atoms with E-state index in [9.17, 15) is 10.1 Å². The topological polar surface area (TPSA) is 59.4 Å². The number of nitriles is 1. The highest BCUT2D eigenvalue weighted by molar-refractivity contribution is 5.79. The van der Waals surface area contributed by atoms with Crippen LogP contribution in [0.15, 0.2) is 30.3 Å². The van der Waals surface area contributed by atoms with Crippen LogP contribution in [0, 0.1) is 17.2 Å². The molecule has 1 N–H and O–H groups in total. The Morgan fingerprint density at radius 1 is 1.21 bits per heavy atom. The van der Waals surface area contributed by atoms with E-state index in [1.807, 2.05) is 13.0 Å². The van der Waals surface area contributed by atoms with Gasteiger partial charge in [0.1, 0.15) is 5.54 Å². The number of carbonyl (C=O) groups excluding carboxylic acids is 1. The van der Waals surface area contributed by atoms with Crippen molar-refractivity contribution in [3.8, 4) is 6.07 Å². The molecule has 1 aliphatic heterocycles. The van der Waals surface area contributed by atoms with Crippen LogP contribution in [0.3, 0.4) is 0 Å². The van der Waals surface area contributed by atoms with Crippen molar-refractivity contribution in [1.29, 1.82) is 5.26 Å². The first-order valence-corrected chi connectivity index (χ1v) is 8.80. The van der Waals surface area contributed by atoms with Crippen LogP contribution in [0.2, 0.25) is 0 Å². The first-order chi connectivity index (χ1) is 11.6. The Labute approximate surface area is 144 Å². The molecule has 1 amide bonds. The van der Waals surface area contributed by atoms with Crippen LogP contribution in [0.4, 0.5) is 0 Å². The fourth-order valence-electron chi connectivity index (χ4n) is 3.36. The molecular formula is C19H26N4O. The Balaban J connectivity index is 1.42. The molecule has 1 saturated carbocycles. The average molecular weight is 326 g/mol. The summed E-state index contributed by atoms with van der Waals surface area (Å²) in [5, 5.41) is 12.3. The number of rotatable bonds is 6. The molecule has 0 aromatic heterocycles. The number of hydrogen-bond acceptors (Lipinski definition) is 4. The van der Waals surface area contributed by atoms with E-state index >= 15 is 0 Å². The van der Waals surface area contributed by atoms with Crippen LogP contribution in [-0.4, -0.2) is 54.0 Å². The number of nitrogens with zero attached hydrogens (tertiary/aromatic N) is 3. The molecule has 1 aliphatic carbocycles. The largest absolute Gasteiger partial charge is 0.337 e. The molecule has 1 aromatic rings. The second-order valence-corrected chi connectivity index (χ2v) is 7.17. The van der Waals surface area contributed by atoms with Crippen LogP contribution in [0.25, 0.3) is 0 Å². The van der Waals surface area contributed by atoms with E-state index in [0.717, 1.165) is 45.6 Å². The first-order valence-electron chi connectivity index (χ1n) is 8.80. The number of carbonyl (C=O) groups is 1. The zero-order chi connectivity index (χ0) is 17.0. The van der Waals surface area contributed by atoms with Crippen molar-refractivity contribution in [1.82, 2.24) is 15.1 Å². The number of nitrogens with one attached hydrogen (secondary N) is 1. The molecule has 128 valence electrons. The quantitative estimate of drug-likeness (QED) is 0.863. The summed E-state index contributed by atoms with van der Waals surface area (Å²) in [4.78, 5) is 16.9. The fraction of sp³-hybridized carbons (Fsp3) is 0.579. The van der Waals surface area contributed by atoms with Crippen LogP contribution in [0.1, 0.15) is 25.3 Å². The Morgan fingerprint density at radius 2 is 1.83 bits per heavy atom. The van der Waals surface area contributed by atoms with Gasteiger partial charge in [-0.1, -0.05) is 30.3 Å².